The summed E-state index contributed by atoms with van der Waals surface area (Å²) in [5.41, 5.74) is 9.57. The quantitative estimate of drug-likeness (QED) is 0.107. The van der Waals surface area contributed by atoms with Crippen molar-refractivity contribution in [2.45, 2.75) is 64.7 Å². The van der Waals surface area contributed by atoms with Gasteiger partial charge in [-0.05, 0) is 74.6 Å². The minimum atomic E-state index is -0.246. The molecule has 0 saturated heterocycles. The maximum atomic E-state index is 6.57. The van der Waals surface area contributed by atoms with Crippen molar-refractivity contribution in [2.24, 2.45) is 0 Å². The minimum absolute atomic E-state index is 0. The fraction of sp³-hybridized carbons (Fsp3) is 0.185. The van der Waals surface area contributed by atoms with Gasteiger partial charge in [-0.1, -0.05) is 139 Å². The summed E-state index contributed by atoms with van der Waals surface area (Å²) >= 11 is 0. The van der Waals surface area contributed by atoms with Crippen LogP contribution in [-0.2, 0) is 37.3 Å². The molecule has 0 amide bonds. The van der Waals surface area contributed by atoms with Crippen LogP contribution >= 0.6 is 0 Å². The number of benzene rings is 6. The number of ether oxygens (including phenoxy) is 1. The summed E-state index contributed by atoms with van der Waals surface area (Å²) in [6.07, 6.45) is 9.39. The summed E-state index contributed by atoms with van der Waals surface area (Å²) in [5, 5.41) is 2.20. The molecule has 0 unspecified atom stereocenters. The van der Waals surface area contributed by atoms with Gasteiger partial charge in [0.25, 0.3) is 6.33 Å². The maximum absolute atomic E-state index is 6.57. The Bertz CT molecular complexity index is 2950. The van der Waals surface area contributed by atoms with E-state index in [9.17, 15) is 0 Å². The summed E-state index contributed by atoms with van der Waals surface area (Å²) in [5.74, 6) is 2.00. The predicted octanol–water partition coefficient (Wildman–Crippen LogP) is 12.4. The first-order valence-electron chi connectivity index (χ1n) is 20.3. The van der Waals surface area contributed by atoms with Crippen LogP contribution in [-0.4, -0.2) is 14.1 Å². The molecule has 0 saturated carbocycles. The van der Waals surface area contributed by atoms with Gasteiger partial charge < -0.3 is 13.9 Å². The number of nitrogens with zero attached hydrogens (tertiary/aromatic N) is 4. The molecule has 0 fully saturated rings. The summed E-state index contributed by atoms with van der Waals surface area (Å²) < 4.78 is 12.8. The van der Waals surface area contributed by atoms with Crippen LogP contribution < -0.4 is 9.30 Å². The summed E-state index contributed by atoms with van der Waals surface area (Å²) in [4.78, 5) is 5.03. The first-order valence-corrected chi connectivity index (χ1v) is 20.3. The van der Waals surface area contributed by atoms with Crippen molar-refractivity contribution in [2.75, 3.05) is 0 Å². The van der Waals surface area contributed by atoms with E-state index in [0.717, 1.165) is 39.0 Å². The molecular weight excluding hydrogens is 916 g/mol. The SMILES string of the molecule is CC(C)(C)c1cccc(-[n+]2[c-]n(-c3[c-]c(Oc4[c-]c5c(cc4)c4ccc(C(C)(C)c6ccccc6)cc4n5-c4cc(C(C)(C)c5ccccc5)ccn4)ccc3)cc2)c1.[Pt]. The zero-order valence-corrected chi connectivity index (χ0v) is 37.4. The van der Waals surface area contributed by atoms with E-state index in [4.69, 9.17) is 9.72 Å². The summed E-state index contributed by atoms with van der Waals surface area (Å²) in [6, 6.07) is 58.3. The van der Waals surface area contributed by atoms with E-state index in [1.165, 1.54) is 27.8 Å². The third kappa shape index (κ3) is 7.64. The molecule has 6 heteroatoms. The molecule has 0 bridgehead atoms. The van der Waals surface area contributed by atoms with Crippen LogP contribution in [0.15, 0.2) is 164 Å². The molecule has 5 nitrogen and oxygen atoms in total. The molecule has 60 heavy (non-hydrogen) atoms. The standard InChI is InChI=1S/C54H48N4O.Pt/c1-52(2,3)40-20-14-21-43(32-40)56-30-31-57(37-56)44-22-15-23-45(35-44)59-46-25-27-48-47-26-24-41(53(4,5)38-16-10-8-11-17-38)33-49(47)58(50(48)36-46)51-34-42(28-29-55-51)54(6,7)39-18-12-9-13-19-39;/h8-34H,1-7H3;/q-2;. The topological polar surface area (TPSA) is 35.9 Å². The van der Waals surface area contributed by atoms with Gasteiger partial charge in [-0.15, -0.1) is 29.7 Å². The Labute approximate surface area is 368 Å². The zero-order chi connectivity index (χ0) is 40.9. The Morgan fingerprint density at radius 3 is 1.90 bits per heavy atom. The molecule has 9 aromatic rings. The van der Waals surface area contributed by atoms with Crippen molar-refractivity contribution in [1.29, 1.82) is 0 Å². The molecule has 0 aliphatic rings. The van der Waals surface area contributed by atoms with Crippen LogP contribution in [0.1, 0.15) is 76.3 Å². The van der Waals surface area contributed by atoms with E-state index in [1.807, 2.05) is 52.0 Å². The molecule has 0 atom stereocenters. The minimum Gasteiger partial charge on any atom is -0.510 e. The van der Waals surface area contributed by atoms with Gasteiger partial charge in [-0.25, -0.2) is 4.98 Å². The molecule has 0 aliphatic heterocycles. The Morgan fingerprint density at radius 1 is 0.567 bits per heavy atom. The van der Waals surface area contributed by atoms with Crippen LogP contribution in [0.25, 0.3) is 39.0 Å². The number of imidazole rings is 1. The number of rotatable bonds is 9. The molecule has 3 heterocycles. The Morgan fingerprint density at radius 2 is 1.20 bits per heavy atom. The van der Waals surface area contributed by atoms with E-state index in [0.29, 0.717) is 11.5 Å². The van der Waals surface area contributed by atoms with Gasteiger partial charge in [0.05, 0.1) is 5.69 Å². The van der Waals surface area contributed by atoms with Gasteiger partial charge in [0, 0.05) is 67.5 Å². The molecule has 0 N–H and O–H groups in total. The Hall–Kier alpha value is -6.03. The van der Waals surface area contributed by atoms with Crippen molar-refractivity contribution < 1.29 is 30.4 Å². The molecular formula is C54H48N4OPt-2. The van der Waals surface area contributed by atoms with Crippen LogP contribution in [0, 0.1) is 18.5 Å². The molecule has 0 radical (unpaired) electrons. The number of pyridine rings is 1. The van der Waals surface area contributed by atoms with Crippen molar-refractivity contribution in [1.82, 2.24) is 14.1 Å². The number of hydrogen-bond donors (Lipinski definition) is 0. The van der Waals surface area contributed by atoms with Gasteiger partial charge in [0.1, 0.15) is 5.82 Å². The van der Waals surface area contributed by atoms with E-state index in [-0.39, 0.29) is 37.3 Å². The summed E-state index contributed by atoms with van der Waals surface area (Å²) in [7, 11) is 0. The second-order valence-corrected chi connectivity index (χ2v) is 17.5. The van der Waals surface area contributed by atoms with Gasteiger partial charge in [0.15, 0.2) is 0 Å². The fourth-order valence-corrected chi connectivity index (χ4v) is 8.05. The van der Waals surface area contributed by atoms with E-state index >= 15 is 0 Å². The van der Waals surface area contributed by atoms with Crippen molar-refractivity contribution in [3.05, 3.63) is 210 Å². The third-order valence-electron chi connectivity index (χ3n) is 11.9. The van der Waals surface area contributed by atoms with Crippen molar-refractivity contribution in [3.8, 4) is 28.7 Å². The largest absolute Gasteiger partial charge is 0.510 e. The normalized spacial score (nSPS) is 12.1. The van der Waals surface area contributed by atoms with E-state index in [1.54, 1.807) is 0 Å². The van der Waals surface area contributed by atoms with Gasteiger partial charge in [-0.3, -0.25) is 4.57 Å². The molecule has 0 aliphatic carbocycles. The second-order valence-electron chi connectivity index (χ2n) is 17.5. The molecule has 302 valence electrons. The number of fused-ring (bicyclic) bond motifs is 3. The maximum Gasteiger partial charge on any atom is 0.267 e. The van der Waals surface area contributed by atoms with Crippen LogP contribution in [0.3, 0.4) is 0 Å². The van der Waals surface area contributed by atoms with Crippen LogP contribution in [0.2, 0.25) is 0 Å². The first kappa shape index (κ1) is 40.7. The Balaban J connectivity index is 0.00000499. The zero-order valence-electron chi connectivity index (χ0n) is 35.1. The van der Waals surface area contributed by atoms with Gasteiger partial charge >= 0.3 is 0 Å². The number of aromatic nitrogens is 4. The molecule has 3 aromatic heterocycles. The van der Waals surface area contributed by atoms with Crippen LogP contribution in [0.5, 0.6) is 11.5 Å². The third-order valence-corrected chi connectivity index (χ3v) is 11.9. The fourth-order valence-electron chi connectivity index (χ4n) is 8.05. The summed E-state index contributed by atoms with van der Waals surface area (Å²) in [6.45, 7) is 15.8. The van der Waals surface area contributed by atoms with Crippen LogP contribution in [0.4, 0.5) is 0 Å². The van der Waals surface area contributed by atoms with E-state index in [2.05, 4.69) is 193 Å². The molecule has 0 spiro atoms. The van der Waals surface area contributed by atoms with Crippen molar-refractivity contribution in [3.63, 3.8) is 0 Å². The van der Waals surface area contributed by atoms with E-state index < -0.39 is 0 Å². The van der Waals surface area contributed by atoms with Crippen molar-refractivity contribution >= 4 is 21.8 Å². The van der Waals surface area contributed by atoms with Gasteiger partial charge in [-0.2, -0.15) is 18.2 Å². The average Bonchev–Trinajstić information content (AvgIpc) is 3.88. The average molecular weight is 964 g/mol. The predicted molar refractivity (Wildman–Crippen MR) is 238 cm³/mol. The molecule has 9 rings (SSSR count). The van der Waals surface area contributed by atoms with Gasteiger partial charge in [0.2, 0.25) is 0 Å². The Kier molecular flexibility index (Phi) is 10.8. The monoisotopic (exact) mass is 963 g/mol. The molecule has 6 aromatic carbocycles. The number of hydrogen-bond acceptors (Lipinski definition) is 2. The first-order chi connectivity index (χ1) is 28.4. The smallest absolute Gasteiger partial charge is 0.267 e. The second kappa shape index (κ2) is 15.9.